The number of aliphatic carboxylic acids is 1. The highest BCUT2D eigenvalue weighted by atomic mass is 16.5. The van der Waals surface area contributed by atoms with Crippen LogP contribution in [0.1, 0.15) is 37.8 Å². The maximum atomic E-state index is 12.6. The molecule has 0 aromatic heterocycles. The number of nitrogens with two attached hydrogens (primary N) is 1. The zero-order valence-electron chi connectivity index (χ0n) is 15.7. The molecule has 10 nitrogen and oxygen atoms in total. The van der Waals surface area contributed by atoms with Crippen molar-refractivity contribution in [3.05, 3.63) is 29.8 Å². The first-order valence-electron chi connectivity index (χ1n) is 8.61. The van der Waals surface area contributed by atoms with Gasteiger partial charge in [-0.1, -0.05) is 19.1 Å². The van der Waals surface area contributed by atoms with Gasteiger partial charge in [0.1, 0.15) is 11.8 Å². The molecule has 10 heteroatoms. The average Bonchev–Trinajstić information content (AvgIpc) is 2.65. The van der Waals surface area contributed by atoms with Crippen LogP contribution in [-0.4, -0.2) is 53.2 Å². The summed E-state index contributed by atoms with van der Waals surface area (Å²) >= 11 is 0. The lowest BCUT2D eigenvalue weighted by Gasteiger charge is -2.23. The molecule has 0 aliphatic carbocycles. The average molecular weight is 395 g/mol. The summed E-state index contributed by atoms with van der Waals surface area (Å²) in [6.45, 7) is 1.66. The topological polar surface area (TPSA) is 168 Å². The van der Waals surface area contributed by atoms with Crippen LogP contribution >= 0.6 is 0 Å². The number of amides is 2. The molecule has 0 aliphatic rings. The van der Waals surface area contributed by atoms with Crippen LogP contribution in [0.25, 0.3) is 0 Å². The van der Waals surface area contributed by atoms with Gasteiger partial charge in [0.15, 0.2) is 0 Å². The predicted molar refractivity (Wildman–Crippen MR) is 98.1 cm³/mol. The zero-order valence-corrected chi connectivity index (χ0v) is 15.7. The third-order valence-corrected chi connectivity index (χ3v) is 3.98. The van der Waals surface area contributed by atoms with Crippen LogP contribution in [0.2, 0.25) is 0 Å². The lowest BCUT2D eigenvalue weighted by molar-refractivity contribution is -0.141. The number of esters is 1. The fourth-order valence-corrected chi connectivity index (χ4v) is 2.39. The molecule has 0 spiro atoms. The molecule has 2 amide bonds. The molecular weight excluding hydrogens is 370 g/mol. The summed E-state index contributed by atoms with van der Waals surface area (Å²) in [5, 5.41) is 23.2. The van der Waals surface area contributed by atoms with E-state index in [2.05, 4.69) is 15.4 Å². The van der Waals surface area contributed by atoms with Crippen molar-refractivity contribution in [3.8, 4) is 5.75 Å². The molecule has 28 heavy (non-hydrogen) atoms. The van der Waals surface area contributed by atoms with Crippen molar-refractivity contribution < 1.29 is 34.1 Å². The number of ether oxygens (including phenoxy) is 1. The van der Waals surface area contributed by atoms with E-state index in [1.807, 2.05) is 0 Å². The van der Waals surface area contributed by atoms with Crippen molar-refractivity contribution in [2.45, 2.75) is 44.3 Å². The Morgan fingerprint density at radius 3 is 2.18 bits per heavy atom. The van der Waals surface area contributed by atoms with Crippen molar-refractivity contribution in [2.75, 3.05) is 7.11 Å². The highest BCUT2D eigenvalue weighted by Crippen LogP contribution is 2.20. The minimum atomic E-state index is -1.29. The van der Waals surface area contributed by atoms with Crippen LogP contribution in [0.15, 0.2) is 24.3 Å². The quantitative estimate of drug-likeness (QED) is 0.340. The SMILES string of the molecule is CCC(NC(=O)[C@@H](N)CC(=O)O)C(=O)NC(CC(=O)OC)c1ccc(O)cc1. The Balaban J connectivity index is 2.88. The first-order valence-corrected chi connectivity index (χ1v) is 8.61. The van der Waals surface area contributed by atoms with E-state index in [1.165, 1.54) is 19.2 Å². The summed E-state index contributed by atoms with van der Waals surface area (Å²) in [5.74, 6) is -3.10. The van der Waals surface area contributed by atoms with Crippen LogP contribution < -0.4 is 16.4 Å². The summed E-state index contributed by atoms with van der Waals surface area (Å²) in [5.41, 5.74) is 6.06. The molecule has 0 bridgehead atoms. The number of phenolic OH excluding ortho intramolecular Hbond substituents is 1. The summed E-state index contributed by atoms with van der Waals surface area (Å²) in [6.07, 6.45) is -0.504. The van der Waals surface area contributed by atoms with Gasteiger partial charge in [0.05, 0.1) is 32.0 Å². The lowest BCUT2D eigenvalue weighted by atomic mass is 10.0. The van der Waals surface area contributed by atoms with E-state index in [1.54, 1.807) is 19.1 Å². The number of hydrogen-bond acceptors (Lipinski definition) is 7. The molecule has 0 saturated heterocycles. The second-order valence-electron chi connectivity index (χ2n) is 6.11. The molecule has 3 atom stereocenters. The predicted octanol–water partition coefficient (Wildman–Crippen LogP) is -0.191. The van der Waals surface area contributed by atoms with Crippen LogP contribution in [0.4, 0.5) is 0 Å². The fraction of sp³-hybridized carbons (Fsp3) is 0.444. The third-order valence-electron chi connectivity index (χ3n) is 3.98. The van der Waals surface area contributed by atoms with E-state index in [0.717, 1.165) is 0 Å². The molecule has 0 aliphatic heterocycles. The Bertz CT molecular complexity index is 706. The van der Waals surface area contributed by atoms with Crippen LogP contribution in [0, 0.1) is 0 Å². The highest BCUT2D eigenvalue weighted by molar-refractivity contribution is 5.91. The number of carbonyl (C=O) groups excluding carboxylic acids is 3. The van der Waals surface area contributed by atoms with Gasteiger partial charge in [0.25, 0.3) is 0 Å². The standard InChI is InChI=1S/C18H25N3O7/c1-3-13(20-17(26)12(19)8-15(23)24)18(27)21-14(9-16(25)28-2)10-4-6-11(22)7-5-10/h4-7,12-14,22H,3,8-9,19H2,1-2H3,(H,20,26)(H,21,27)(H,23,24)/t12-,13?,14?/m0/s1. The van der Waals surface area contributed by atoms with Gasteiger partial charge in [-0.25, -0.2) is 0 Å². The number of benzene rings is 1. The normalized spacial score (nSPS) is 13.7. The molecule has 6 N–H and O–H groups in total. The smallest absolute Gasteiger partial charge is 0.307 e. The Morgan fingerprint density at radius 2 is 1.68 bits per heavy atom. The molecule has 0 radical (unpaired) electrons. The maximum Gasteiger partial charge on any atom is 0.307 e. The van der Waals surface area contributed by atoms with Gasteiger partial charge in [-0.05, 0) is 24.1 Å². The number of phenols is 1. The summed E-state index contributed by atoms with van der Waals surface area (Å²) in [7, 11) is 1.22. The zero-order chi connectivity index (χ0) is 21.3. The second-order valence-corrected chi connectivity index (χ2v) is 6.11. The van der Waals surface area contributed by atoms with Crippen molar-refractivity contribution in [1.82, 2.24) is 10.6 Å². The molecule has 1 aromatic carbocycles. The maximum absolute atomic E-state index is 12.6. The van der Waals surface area contributed by atoms with E-state index in [-0.39, 0.29) is 18.6 Å². The highest BCUT2D eigenvalue weighted by Gasteiger charge is 2.26. The Morgan fingerprint density at radius 1 is 1.07 bits per heavy atom. The molecule has 1 aromatic rings. The van der Waals surface area contributed by atoms with Crippen molar-refractivity contribution in [1.29, 1.82) is 0 Å². The van der Waals surface area contributed by atoms with Gasteiger partial charge < -0.3 is 31.3 Å². The summed E-state index contributed by atoms with van der Waals surface area (Å²) < 4.78 is 4.65. The number of nitrogens with one attached hydrogen (secondary N) is 2. The van der Waals surface area contributed by atoms with Gasteiger partial charge in [0, 0.05) is 0 Å². The Kier molecular flexibility index (Phi) is 8.89. The summed E-state index contributed by atoms with van der Waals surface area (Å²) in [4.78, 5) is 46.9. The minimum absolute atomic E-state index is 0.0259. The number of rotatable bonds is 10. The Labute approximate surface area is 162 Å². The van der Waals surface area contributed by atoms with E-state index in [4.69, 9.17) is 10.8 Å². The van der Waals surface area contributed by atoms with E-state index >= 15 is 0 Å². The monoisotopic (exact) mass is 395 g/mol. The second kappa shape index (κ2) is 10.9. The molecule has 2 unspecified atom stereocenters. The molecule has 1 rings (SSSR count). The number of carbonyl (C=O) groups is 4. The number of carboxylic acid groups (broad SMARTS) is 1. The number of methoxy groups -OCH3 is 1. The van der Waals surface area contributed by atoms with Crippen LogP contribution in [0.3, 0.4) is 0 Å². The van der Waals surface area contributed by atoms with Gasteiger partial charge in [-0.3, -0.25) is 19.2 Å². The van der Waals surface area contributed by atoms with E-state index in [0.29, 0.717) is 5.56 Å². The van der Waals surface area contributed by atoms with Gasteiger partial charge in [0.2, 0.25) is 11.8 Å². The van der Waals surface area contributed by atoms with E-state index in [9.17, 15) is 24.3 Å². The number of aromatic hydroxyl groups is 1. The van der Waals surface area contributed by atoms with Crippen molar-refractivity contribution >= 4 is 23.8 Å². The van der Waals surface area contributed by atoms with Gasteiger partial charge >= 0.3 is 11.9 Å². The van der Waals surface area contributed by atoms with E-state index < -0.39 is 48.3 Å². The largest absolute Gasteiger partial charge is 0.508 e. The van der Waals surface area contributed by atoms with Crippen molar-refractivity contribution in [3.63, 3.8) is 0 Å². The lowest BCUT2D eigenvalue weighted by Crippen LogP contribution is -2.52. The number of carboxylic acids is 1. The van der Waals surface area contributed by atoms with Gasteiger partial charge in [-0.2, -0.15) is 0 Å². The molecule has 0 heterocycles. The fourth-order valence-electron chi connectivity index (χ4n) is 2.39. The van der Waals surface area contributed by atoms with Crippen LogP contribution in [-0.2, 0) is 23.9 Å². The third kappa shape index (κ3) is 7.23. The van der Waals surface area contributed by atoms with Gasteiger partial charge in [-0.15, -0.1) is 0 Å². The number of hydrogen-bond donors (Lipinski definition) is 5. The first kappa shape index (κ1) is 22.9. The first-order chi connectivity index (χ1) is 13.2. The molecular formula is C18H25N3O7. The minimum Gasteiger partial charge on any atom is -0.508 e. The molecule has 0 saturated carbocycles. The Hall–Kier alpha value is -3.14. The van der Waals surface area contributed by atoms with Crippen LogP contribution in [0.5, 0.6) is 5.75 Å². The molecule has 0 fully saturated rings. The molecule has 154 valence electrons. The summed E-state index contributed by atoms with van der Waals surface area (Å²) in [6, 6.07) is 2.91. The van der Waals surface area contributed by atoms with Crippen molar-refractivity contribution in [2.24, 2.45) is 5.73 Å².